The number of anilines is 1. The Morgan fingerprint density at radius 3 is 2.78 bits per heavy atom. The second-order valence-electron chi connectivity index (χ2n) is 4.04. The molecule has 18 heavy (non-hydrogen) atoms. The minimum atomic E-state index is -0.235. The van der Waals surface area contributed by atoms with Crippen molar-refractivity contribution < 1.29 is 9.53 Å². The maximum absolute atomic E-state index is 11.6. The molecule has 0 bridgehead atoms. The Labute approximate surface area is 117 Å². The van der Waals surface area contributed by atoms with Crippen molar-refractivity contribution in [3.63, 3.8) is 0 Å². The highest BCUT2D eigenvalue weighted by Gasteiger charge is 2.12. The topological polar surface area (TPSA) is 38.3 Å². The number of hydrogen-bond acceptors (Lipinski definition) is 2. The summed E-state index contributed by atoms with van der Waals surface area (Å²) in [5.41, 5.74) is 0.644. The van der Waals surface area contributed by atoms with Gasteiger partial charge in [0.2, 0.25) is 5.91 Å². The number of nitrogens with one attached hydrogen (secondary N) is 1. The normalized spacial score (nSPS) is 12.0. The molecule has 1 amide bonds. The quantitative estimate of drug-likeness (QED) is 0.806. The molecule has 3 nitrogen and oxygen atoms in total. The molecule has 0 aromatic heterocycles. The van der Waals surface area contributed by atoms with E-state index >= 15 is 0 Å². The Kier molecular flexibility index (Phi) is 6.30. The molecule has 0 spiro atoms. The summed E-state index contributed by atoms with van der Waals surface area (Å²) in [5, 5.41) is 3.24. The minimum Gasteiger partial charge on any atom is -0.492 e. The van der Waals surface area contributed by atoms with Gasteiger partial charge in [0.05, 0.1) is 11.6 Å². The van der Waals surface area contributed by atoms with Gasteiger partial charge >= 0.3 is 0 Å². The molecule has 0 aliphatic heterocycles. The molecule has 0 aliphatic rings. The highest BCUT2D eigenvalue weighted by Crippen LogP contribution is 2.28. The van der Waals surface area contributed by atoms with E-state index in [9.17, 15) is 4.79 Å². The van der Waals surface area contributed by atoms with Gasteiger partial charge in [-0.1, -0.05) is 25.4 Å². The Bertz CT molecular complexity index is 410. The molecule has 0 aliphatic carbocycles. The molecule has 100 valence electrons. The molecular weight excluding hydrogens is 273 g/mol. The molecule has 1 aromatic rings. The number of alkyl halides is 1. The highest BCUT2D eigenvalue weighted by atomic mass is 35.5. The van der Waals surface area contributed by atoms with E-state index in [2.05, 4.69) is 5.32 Å². The Morgan fingerprint density at radius 2 is 2.22 bits per heavy atom. The van der Waals surface area contributed by atoms with Gasteiger partial charge in [0, 0.05) is 17.5 Å². The van der Waals surface area contributed by atoms with Crippen molar-refractivity contribution in [2.45, 2.75) is 20.3 Å². The lowest BCUT2D eigenvalue weighted by Gasteiger charge is -2.11. The van der Waals surface area contributed by atoms with Crippen LogP contribution in [0.15, 0.2) is 18.2 Å². The molecule has 0 heterocycles. The van der Waals surface area contributed by atoms with Crippen LogP contribution in [0.4, 0.5) is 5.69 Å². The predicted molar refractivity (Wildman–Crippen MR) is 75.8 cm³/mol. The van der Waals surface area contributed by atoms with Crippen LogP contribution in [0, 0.1) is 5.92 Å². The van der Waals surface area contributed by atoms with E-state index in [1.165, 1.54) is 0 Å². The molecule has 1 N–H and O–H groups in total. The summed E-state index contributed by atoms with van der Waals surface area (Å²) < 4.78 is 5.45. The van der Waals surface area contributed by atoms with Crippen LogP contribution < -0.4 is 10.1 Å². The van der Waals surface area contributed by atoms with Crippen LogP contribution in [0.1, 0.15) is 20.3 Å². The standard InChI is InChI=1S/C13H17Cl2NO2/c1-3-6-18-12-5-4-10(7-11(12)15)16-13(17)9(2)8-14/h4-5,7,9H,3,6,8H2,1-2H3,(H,16,17). The number of carbonyl (C=O) groups excluding carboxylic acids is 1. The van der Waals surface area contributed by atoms with Crippen LogP contribution in [0.2, 0.25) is 5.02 Å². The largest absolute Gasteiger partial charge is 0.492 e. The summed E-state index contributed by atoms with van der Waals surface area (Å²) in [6.07, 6.45) is 0.919. The van der Waals surface area contributed by atoms with Gasteiger partial charge in [0.1, 0.15) is 5.75 Å². The molecule has 0 saturated carbocycles. The molecule has 0 fully saturated rings. The first-order valence-electron chi connectivity index (χ1n) is 5.87. The molecule has 1 unspecified atom stereocenters. The van der Waals surface area contributed by atoms with Gasteiger partial charge in [-0.25, -0.2) is 0 Å². The number of rotatable bonds is 6. The van der Waals surface area contributed by atoms with Crippen molar-refractivity contribution in [1.82, 2.24) is 0 Å². The van der Waals surface area contributed by atoms with Gasteiger partial charge in [0.25, 0.3) is 0 Å². The predicted octanol–water partition coefficient (Wildman–Crippen LogP) is 3.94. The Morgan fingerprint density at radius 1 is 1.50 bits per heavy atom. The third kappa shape index (κ3) is 4.39. The summed E-state index contributed by atoms with van der Waals surface area (Å²) in [6.45, 7) is 4.41. The van der Waals surface area contributed by atoms with Crippen LogP contribution in [-0.4, -0.2) is 18.4 Å². The zero-order valence-electron chi connectivity index (χ0n) is 10.5. The van der Waals surface area contributed by atoms with Gasteiger partial charge in [-0.2, -0.15) is 0 Å². The Balaban J connectivity index is 2.69. The molecular formula is C13H17Cl2NO2. The number of carbonyl (C=O) groups is 1. The zero-order chi connectivity index (χ0) is 13.5. The highest BCUT2D eigenvalue weighted by molar-refractivity contribution is 6.32. The summed E-state index contributed by atoms with van der Waals surface area (Å²) in [7, 11) is 0. The first-order valence-corrected chi connectivity index (χ1v) is 6.79. The van der Waals surface area contributed by atoms with E-state index < -0.39 is 0 Å². The fraction of sp³-hybridized carbons (Fsp3) is 0.462. The molecule has 1 rings (SSSR count). The average Bonchev–Trinajstić information content (AvgIpc) is 2.36. The lowest BCUT2D eigenvalue weighted by molar-refractivity contribution is -0.118. The third-order valence-electron chi connectivity index (χ3n) is 2.34. The van der Waals surface area contributed by atoms with Gasteiger partial charge in [0.15, 0.2) is 0 Å². The Hall–Kier alpha value is -0.930. The molecule has 5 heteroatoms. The van der Waals surface area contributed by atoms with E-state index in [-0.39, 0.29) is 17.7 Å². The molecule has 1 aromatic carbocycles. The SMILES string of the molecule is CCCOc1ccc(NC(=O)C(C)CCl)cc1Cl. The first-order chi connectivity index (χ1) is 8.58. The van der Waals surface area contributed by atoms with E-state index in [4.69, 9.17) is 27.9 Å². The van der Waals surface area contributed by atoms with E-state index in [1.807, 2.05) is 6.92 Å². The van der Waals surface area contributed by atoms with Crippen molar-refractivity contribution in [2.75, 3.05) is 17.8 Å². The minimum absolute atomic E-state index is 0.122. The first kappa shape index (κ1) is 15.1. The molecule has 1 atom stereocenters. The van der Waals surface area contributed by atoms with Crippen LogP contribution in [-0.2, 0) is 4.79 Å². The molecule has 0 radical (unpaired) electrons. The zero-order valence-corrected chi connectivity index (χ0v) is 12.0. The second-order valence-corrected chi connectivity index (χ2v) is 4.75. The summed E-state index contributed by atoms with van der Waals surface area (Å²) in [6, 6.07) is 5.18. The average molecular weight is 290 g/mol. The van der Waals surface area contributed by atoms with E-state index in [1.54, 1.807) is 25.1 Å². The number of benzene rings is 1. The monoisotopic (exact) mass is 289 g/mol. The van der Waals surface area contributed by atoms with Gasteiger partial charge < -0.3 is 10.1 Å². The van der Waals surface area contributed by atoms with Crippen molar-refractivity contribution in [3.8, 4) is 5.75 Å². The van der Waals surface area contributed by atoms with Gasteiger partial charge in [-0.05, 0) is 24.6 Å². The molecule has 0 saturated heterocycles. The van der Waals surface area contributed by atoms with Crippen LogP contribution in [0.3, 0.4) is 0 Å². The van der Waals surface area contributed by atoms with Crippen LogP contribution in [0.25, 0.3) is 0 Å². The van der Waals surface area contributed by atoms with E-state index in [0.717, 1.165) is 6.42 Å². The second kappa shape index (κ2) is 7.49. The lowest BCUT2D eigenvalue weighted by atomic mass is 10.2. The number of hydrogen-bond donors (Lipinski definition) is 1. The van der Waals surface area contributed by atoms with Crippen molar-refractivity contribution in [2.24, 2.45) is 5.92 Å². The van der Waals surface area contributed by atoms with Gasteiger partial charge in [-0.3, -0.25) is 4.79 Å². The fourth-order valence-corrected chi connectivity index (χ4v) is 1.62. The van der Waals surface area contributed by atoms with Crippen molar-refractivity contribution in [1.29, 1.82) is 0 Å². The van der Waals surface area contributed by atoms with Crippen molar-refractivity contribution >= 4 is 34.8 Å². The fourth-order valence-electron chi connectivity index (χ4n) is 1.24. The summed E-state index contributed by atoms with van der Waals surface area (Å²) in [4.78, 5) is 11.6. The van der Waals surface area contributed by atoms with Crippen LogP contribution in [0.5, 0.6) is 5.75 Å². The van der Waals surface area contributed by atoms with Crippen LogP contribution >= 0.6 is 23.2 Å². The number of amides is 1. The van der Waals surface area contributed by atoms with Crippen molar-refractivity contribution in [3.05, 3.63) is 23.2 Å². The number of halogens is 2. The summed E-state index contributed by atoms with van der Waals surface area (Å²) >= 11 is 11.7. The maximum Gasteiger partial charge on any atom is 0.228 e. The smallest absolute Gasteiger partial charge is 0.228 e. The maximum atomic E-state index is 11.6. The number of ether oxygens (including phenoxy) is 1. The lowest BCUT2D eigenvalue weighted by Crippen LogP contribution is -2.21. The van der Waals surface area contributed by atoms with E-state index in [0.29, 0.717) is 23.1 Å². The summed E-state index contributed by atoms with van der Waals surface area (Å²) in [5.74, 6) is 0.559. The third-order valence-corrected chi connectivity index (χ3v) is 3.10. The van der Waals surface area contributed by atoms with Gasteiger partial charge in [-0.15, -0.1) is 11.6 Å².